The number of hydrogen-bond acceptors (Lipinski definition) is 6. The van der Waals surface area contributed by atoms with Gasteiger partial charge in [0.15, 0.2) is 0 Å². The zero-order chi connectivity index (χ0) is 22.0. The number of halogens is 2. The molecule has 0 fully saturated rings. The van der Waals surface area contributed by atoms with Gasteiger partial charge in [-0.2, -0.15) is 4.39 Å². The van der Waals surface area contributed by atoms with Crippen molar-refractivity contribution in [3.05, 3.63) is 83.6 Å². The van der Waals surface area contributed by atoms with E-state index in [0.717, 1.165) is 12.3 Å². The molecule has 0 radical (unpaired) electrons. The number of carbonyl (C=O) groups excluding carboxylic acids is 2. The van der Waals surface area contributed by atoms with E-state index in [2.05, 4.69) is 25.6 Å². The van der Waals surface area contributed by atoms with Crippen LogP contribution in [0, 0.1) is 11.8 Å². The second-order valence-corrected chi connectivity index (χ2v) is 6.68. The maximum absolute atomic E-state index is 13.4. The van der Waals surface area contributed by atoms with Crippen LogP contribution in [0.25, 0.3) is 11.3 Å². The Balaban J connectivity index is 1.55. The normalized spacial score (nSPS) is 16.1. The monoisotopic (exact) mass is 423 g/mol. The smallest absolute Gasteiger partial charge is 0.265 e. The van der Waals surface area contributed by atoms with Crippen molar-refractivity contribution in [3.63, 3.8) is 0 Å². The second kappa shape index (κ2) is 8.27. The lowest BCUT2D eigenvalue weighted by molar-refractivity contribution is -0.123. The average molecular weight is 423 g/mol. The van der Waals surface area contributed by atoms with E-state index in [1.807, 2.05) is 0 Å². The van der Waals surface area contributed by atoms with E-state index in [4.69, 9.17) is 0 Å². The zero-order valence-electron chi connectivity index (χ0n) is 15.8. The van der Waals surface area contributed by atoms with Crippen molar-refractivity contribution in [2.24, 2.45) is 0 Å². The number of nitrogens with one attached hydrogen (secondary N) is 2. The number of anilines is 1. The van der Waals surface area contributed by atoms with Crippen molar-refractivity contribution in [2.75, 3.05) is 5.32 Å². The van der Waals surface area contributed by atoms with Gasteiger partial charge < -0.3 is 15.7 Å². The van der Waals surface area contributed by atoms with Crippen molar-refractivity contribution in [1.82, 2.24) is 20.3 Å². The van der Waals surface area contributed by atoms with Crippen LogP contribution in [0.15, 0.2) is 66.2 Å². The predicted octanol–water partition coefficient (Wildman–Crippen LogP) is 2.83. The Kier molecular flexibility index (Phi) is 5.35. The molecule has 31 heavy (non-hydrogen) atoms. The van der Waals surface area contributed by atoms with Crippen LogP contribution < -0.4 is 10.6 Å². The minimum atomic E-state index is -0.874. The first-order valence-electron chi connectivity index (χ1n) is 9.15. The third-order valence-electron chi connectivity index (χ3n) is 4.56. The van der Waals surface area contributed by atoms with Crippen molar-refractivity contribution < 1.29 is 23.5 Å². The lowest BCUT2D eigenvalue weighted by atomic mass is 9.98. The van der Waals surface area contributed by atoms with Gasteiger partial charge in [0, 0.05) is 24.2 Å². The summed E-state index contributed by atoms with van der Waals surface area (Å²) in [6.07, 6.45) is 2.15. The lowest BCUT2D eigenvalue weighted by Crippen LogP contribution is -2.39. The van der Waals surface area contributed by atoms with E-state index in [0.29, 0.717) is 17.0 Å². The number of aliphatic hydroxyl groups excluding tert-OH is 1. The highest BCUT2D eigenvalue weighted by atomic mass is 19.1. The van der Waals surface area contributed by atoms with Gasteiger partial charge in [0.25, 0.3) is 11.8 Å². The molecule has 1 unspecified atom stereocenters. The Morgan fingerprint density at radius 1 is 1.16 bits per heavy atom. The Labute approximate surface area is 174 Å². The molecule has 8 nitrogen and oxygen atoms in total. The van der Waals surface area contributed by atoms with Crippen LogP contribution in [0.2, 0.25) is 0 Å². The number of rotatable bonds is 4. The first kappa shape index (κ1) is 20.1. The SMILES string of the molecule is O=C(Nc1ccc(F)cn1)C1=C(O)CC(c2cccc(-c3ccnc(F)c3)n2)NC1=O. The Hall–Kier alpha value is -4.21. The molecule has 10 heteroatoms. The summed E-state index contributed by atoms with van der Waals surface area (Å²) < 4.78 is 26.4. The predicted molar refractivity (Wildman–Crippen MR) is 105 cm³/mol. The van der Waals surface area contributed by atoms with Crippen LogP contribution in [-0.2, 0) is 9.59 Å². The molecule has 156 valence electrons. The molecule has 3 aromatic heterocycles. The number of aliphatic hydroxyl groups is 1. The summed E-state index contributed by atoms with van der Waals surface area (Å²) >= 11 is 0. The summed E-state index contributed by atoms with van der Waals surface area (Å²) in [5, 5.41) is 15.3. The molecular formula is C21H15F2N5O3. The molecule has 3 N–H and O–H groups in total. The van der Waals surface area contributed by atoms with E-state index in [9.17, 15) is 23.5 Å². The maximum atomic E-state index is 13.4. The van der Waals surface area contributed by atoms with E-state index in [-0.39, 0.29) is 12.2 Å². The second-order valence-electron chi connectivity index (χ2n) is 6.68. The summed E-state index contributed by atoms with van der Waals surface area (Å²) in [5.41, 5.74) is 0.926. The van der Waals surface area contributed by atoms with Gasteiger partial charge in [-0.05, 0) is 30.3 Å². The third-order valence-corrected chi connectivity index (χ3v) is 4.56. The zero-order valence-corrected chi connectivity index (χ0v) is 15.8. The molecule has 1 aliphatic rings. The molecule has 2 amide bonds. The van der Waals surface area contributed by atoms with Gasteiger partial charge >= 0.3 is 0 Å². The number of nitrogens with zero attached hydrogens (tertiary/aromatic N) is 3. The van der Waals surface area contributed by atoms with Gasteiger partial charge in [0.2, 0.25) is 5.95 Å². The highest BCUT2D eigenvalue weighted by molar-refractivity contribution is 6.23. The van der Waals surface area contributed by atoms with E-state index in [1.165, 1.54) is 18.3 Å². The number of carbonyl (C=O) groups is 2. The number of pyridine rings is 3. The minimum absolute atomic E-state index is 0.0283. The molecule has 0 saturated carbocycles. The van der Waals surface area contributed by atoms with Gasteiger partial charge in [0.05, 0.1) is 23.6 Å². The van der Waals surface area contributed by atoms with Crippen molar-refractivity contribution in [2.45, 2.75) is 12.5 Å². The first-order chi connectivity index (χ1) is 14.9. The fraction of sp³-hybridized carbons (Fsp3) is 0.0952. The van der Waals surface area contributed by atoms with Crippen molar-refractivity contribution in [1.29, 1.82) is 0 Å². The van der Waals surface area contributed by atoms with Crippen LogP contribution in [0.5, 0.6) is 0 Å². The average Bonchev–Trinajstić information content (AvgIpc) is 2.75. The highest BCUT2D eigenvalue weighted by Gasteiger charge is 2.33. The first-order valence-corrected chi connectivity index (χ1v) is 9.15. The van der Waals surface area contributed by atoms with Crippen LogP contribution in [-0.4, -0.2) is 31.9 Å². The number of amides is 2. The van der Waals surface area contributed by atoms with Gasteiger partial charge in [-0.25, -0.2) is 14.4 Å². The van der Waals surface area contributed by atoms with Crippen molar-refractivity contribution in [3.8, 4) is 11.3 Å². The molecule has 0 spiro atoms. The van der Waals surface area contributed by atoms with Crippen LogP contribution in [0.3, 0.4) is 0 Å². The molecule has 0 aromatic carbocycles. The number of aromatic nitrogens is 3. The summed E-state index contributed by atoms with van der Waals surface area (Å²) in [6, 6.07) is 9.46. The van der Waals surface area contributed by atoms with Crippen LogP contribution >= 0.6 is 0 Å². The Morgan fingerprint density at radius 2 is 2.00 bits per heavy atom. The fourth-order valence-corrected chi connectivity index (χ4v) is 3.12. The maximum Gasteiger partial charge on any atom is 0.265 e. The molecular weight excluding hydrogens is 408 g/mol. The topological polar surface area (TPSA) is 117 Å². The lowest BCUT2D eigenvalue weighted by Gasteiger charge is -2.25. The van der Waals surface area contributed by atoms with Gasteiger partial charge in [0.1, 0.15) is 23.0 Å². The van der Waals surface area contributed by atoms with Crippen LogP contribution in [0.4, 0.5) is 14.6 Å². The molecule has 4 rings (SSSR count). The minimum Gasteiger partial charge on any atom is -0.511 e. The highest BCUT2D eigenvalue weighted by Crippen LogP contribution is 2.28. The fourth-order valence-electron chi connectivity index (χ4n) is 3.12. The molecule has 4 heterocycles. The molecule has 3 aromatic rings. The van der Waals surface area contributed by atoms with E-state index >= 15 is 0 Å². The van der Waals surface area contributed by atoms with Crippen molar-refractivity contribution >= 4 is 17.6 Å². The Bertz CT molecular complexity index is 1200. The molecule has 0 bridgehead atoms. The summed E-state index contributed by atoms with van der Waals surface area (Å²) in [4.78, 5) is 36.5. The summed E-state index contributed by atoms with van der Waals surface area (Å²) in [7, 11) is 0. The summed E-state index contributed by atoms with van der Waals surface area (Å²) in [5.74, 6) is -3.29. The molecule has 1 aliphatic heterocycles. The largest absolute Gasteiger partial charge is 0.511 e. The van der Waals surface area contributed by atoms with Gasteiger partial charge in [-0.3, -0.25) is 14.6 Å². The summed E-state index contributed by atoms with van der Waals surface area (Å²) in [6.45, 7) is 0. The molecule has 0 saturated heterocycles. The molecule has 1 atom stereocenters. The number of hydrogen-bond donors (Lipinski definition) is 3. The van der Waals surface area contributed by atoms with Gasteiger partial charge in [-0.1, -0.05) is 6.07 Å². The van der Waals surface area contributed by atoms with Crippen LogP contribution in [0.1, 0.15) is 18.2 Å². The van der Waals surface area contributed by atoms with E-state index in [1.54, 1.807) is 24.3 Å². The van der Waals surface area contributed by atoms with E-state index < -0.39 is 41.0 Å². The Morgan fingerprint density at radius 3 is 2.71 bits per heavy atom. The quantitative estimate of drug-likeness (QED) is 0.439. The molecule has 0 aliphatic carbocycles. The van der Waals surface area contributed by atoms with Gasteiger partial charge in [-0.15, -0.1) is 0 Å². The third kappa shape index (κ3) is 4.37. The standard InChI is InChI=1S/C21H15F2N5O3/c22-12-4-5-18(25-10-12)28-21(31)19-16(29)9-15(27-20(19)30)14-3-1-2-13(26-14)11-6-7-24-17(23)8-11/h1-8,10,15,29H,9H2,(H,27,30)(H,25,28,31).